The monoisotopic (exact) mass is 919 g/mol. The van der Waals surface area contributed by atoms with Gasteiger partial charge in [0.25, 0.3) is 0 Å². The van der Waals surface area contributed by atoms with Crippen LogP contribution in [0, 0.1) is 34.6 Å². The number of pyridine rings is 1. The topological polar surface area (TPSA) is 103 Å². The van der Waals surface area contributed by atoms with Gasteiger partial charge < -0.3 is 0 Å². The minimum absolute atomic E-state index is 0.112. The molecule has 0 fully saturated rings. The molecule has 0 aliphatic carbocycles. The second kappa shape index (κ2) is 27.2. The maximum Gasteiger partial charge on any atom is 0.125 e. The third-order valence-corrected chi connectivity index (χ3v) is 10.7. The molecule has 0 bridgehead atoms. The van der Waals surface area contributed by atoms with Crippen molar-refractivity contribution in [2.24, 2.45) is 0 Å². The predicted octanol–water partition coefficient (Wildman–Crippen LogP) is 15.7. The van der Waals surface area contributed by atoms with Crippen molar-refractivity contribution in [3.8, 4) is 0 Å². The van der Waals surface area contributed by atoms with Gasteiger partial charge in [-0.3, -0.25) is 15.0 Å². The summed E-state index contributed by atoms with van der Waals surface area (Å²) in [5.74, 6) is 0.831. The van der Waals surface area contributed by atoms with Crippen LogP contribution >= 0.6 is 11.3 Å². The van der Waals surface area contributed by atoms with Gasteiger partial charge >= 0.3 is 0 Å². The molecule has 0 spiro atoms. The molecule has 0 aliphatic rings. The second-order valence-corrected chi connectivity index (χ2v) is 23.4. The summed E-state index contributed by atoms with van der Waals surface area (Å²) in [6, 6.07) is 17.0. The molecule has 0 unspecified atom stereocenters. The average molecular weight is 919 g/mol. The Hall–Kier alpha value is -4.76. The van der Waals surface area contributed by atoms with E-state index in [1.54, 1.807) is 17.5 Å². The van der Waals surface area contributed by atoms with Gasteiger partial charge in [-0.1, -0.05) is 174 Å². The van der Waals surface area contributed by atoms with E-state index in [1.165, 1.54) is 27.3 Å². The largest absolute Gasteiger partial charge is 0.261 e. The number of hydrogen-bond donors (Lipinski definition) is 0. The van der Waals surface area contributed by atoms with Crippen molar-refractivity contribution in [1.82, 2.24) is 40.1 Å². The zero-order valence-corrected chi connectivity index (χ0v) is 47.0. The molecule has 364 valence electrons. The number of nitrogens with zero attached hydrogens (tertiary/aromatic N) is 8. The van der Waals surface area contributed by atoms with Crippen LogP contribution < -0.4 is 0 Å². The fraction of sp³-hybridized carbons (Fsp3) is 0.544. The average Bonchev–Trinajstić information content (AvgIpc) is 3.76. The molecule has 66 heavy (non-hydrogen) atoms. The summed E-state index contributed by atoms with van der Waals surface area (Å²) in [7, 11) is 0. The molecule has 8 nitrogen and oxygen atoms in total. The van der Waals surface area contributed by atoms with Crippen LogP contribution in [0.4, 0.5) is 0 Å². The molecule has 1 aromatic carbocycles. The van der Waals surface area contributed by atoms with Crippen LogP contribution in [-0.2, 0) is 32.5 Å². The van der Waals surface area contributed by atoms with Crippen molar-refractivity contribution in [2.45, 2.75) is 206 Å². The van der Waals surface area contributed by atoms with E-state index in [0.29, 0.717) is 0 Å². The molecular weight excluding hydrogens is 829 g/mol. The molecule has 0 radical (unpaired) electrons. The smallest absolute Gasteiger partial charge is 0.125 e. The fourth-order valence-electron chi connectivity index (χ4n) is 4.92. The van der Waals surface area contributed by atoms with Crippen molar-refractivity contribution in [3.05, 3.63) is 153 Å². The van der Waals surface area contributed by atoms with Gasteiger partial charge in [0.2, 0.25) is 0 Å². The first-order chi connectivity index (χ1) is 30.1. The Bertz CT molecular complexity index is 1830. The van der Waals surface area contributed by atoms with E-state index in [0.717, 1.165) is 34.3 Å². The van der Waals surface area contributed by atoms with Crippen LogP contribution in [0.5, 0.6) is 0 Å². The van der Waals surface area contributed by atoms with E-state index in [4.69, 9.17) is 0 Å². The van der Waals surface area contributed by atoms with Gasteiger partial charge in [-0.05, 0) is 85.8 Å². The minimum atomic E-state index is 0.112. The number of thiazole rings is 1. The predicted molar refractivity (Wildman–Crippen MR) is 286 cm³/mol. The Labute approximate surface area is 407 Å². The van der Waals surface area contributed by atoms with Gasteiger partial charge in [-0.25, -0.2) is 15.0 Å². The highest BCUT2D eigenvalue weighted by Crippen LogP contribution is 2.25. The van der Waals surface area contributed by atoms with Crippen LogP contribution in [0.1, 0.15) is 200 Å². The SMILES string of the molecule is CC.CC(C)(C)c1nccs1.Cc1ccc(C(C)(C)C)cc1.Cc1ccc(C(C)(C)C)cn1.Cc1ccc(C(C)(C)C)nn1.Cc1cnc(C(C)(C)C)cn1.Cc1ncc(C(C)(C)C)cn1. The van der Waals surface area contributed by atoms with Crippen LogP contribution in [0.15, 0.2) is 91.1 Å². The van der Waals surface area contributed by atoms with Crippen molar-refractivity contribution < 1.29 is 0 Å². The van der Waals surface area contributed by atoms with E-state index in [1.807, 2.05) is 90.0 Å². The van der Waals surface area contributed by atoms with Gasteiger partial charge in [0, 0.05) is 64.5 Å². The van der Waals surface area contributed by atoms with Crippen LogP contribution in [0.25, 0.3) is 0 Å². The number of aryl methyl sites for hydroxylation is 5. The Kier molecular flexibility index (Phi) is 25.2. The van der Waals surface area contributed by atoms with E-state index in [9.17, 15) is 0 Å². The lowest BCUT2D eigenvalue weighted by atomic mass is 9.87. The van der Waals surface area contributed by atoms with Crippen LogP contribution in [0.2, 0.25) is 0 Å². The van der Waals surface area contributed by atoms with Gasteiger partial charge in [0.1, 0.15) is 5.82 Å². The first-order valence-electron chi connectivity index (χ1n) is 23.4. The Morgan fingerprint density at radius 1 is 0.348 bits per heavy atom. The Morgan fingerprint density at radius 2 is 0.803 bits per heavy atom. The van der Waals surface area contributed by atoms with Gasteiger partial charge in [-0.2, -0.15) is 10.2 Å². The van der Waals surface area contributed by atoms with E-state index in [2.05, 4.69) is 208 Å². The summed E-state index contributed by atoms with van der Waals surface area (Å²) in [5, 5.41) is 11.3. The summed E-state index contributed by atoms with van der Waals surface area (Å²) >= 11 is 1.72. The molecule has 0 atom stereocenters. The molecule has 0 N–H and O–H groups in total. The summed E-state index contributed by atoms with van der Waals surface area (Å²) < 4.78 is 0. The summed E-state index contributed by atoms with van der Waals surface area (Å²) in [4.78, 5) is 25.2. The molecule has 6 aromatic rings. The lowest BCUT2D eigenvalue weighted by molar-refractivity contribution is 0.557. The molecule has 5 heterocycles. The zero-order chi connectivity index (χ0) is 51.3. The van der Waals surface area contributed by atoms with Crippen molar-refractivity contribution in [3.63, 3.8) is 0 Å². The highest BCUT2D eigenvalue weighted by atomic mass is 32.1. The van der Waals surface area contributed by atoms with Crippen LogP contribution in [0.3, 0.4) is 0 Å². The number of benzene rings is 1. The quantitative estimate of drug-likeness (QED) is 0.148. The highest BCUT2D eigenvalue weighted by molar-refractivity contribution is 7.09. The Balaban J connectivity index is 0.000000763. The van der Waals surface area contributed by atoms with E-state index in [-0.39, 0.29) is 32.5 Å². The maximum absolute atomic E-state index is 4.29. The molecular formula is C57H90N8S. The third kappa shape index (κ3) is 25.8. The minimum Gasteiger partial charge on any atom is -0.261 e. The zero-order valence-electron chi connectivity index (χ0n) is 46.1. The summed E-state index contributed by atoms with van der Waals surface area (Å²) in [5.41, 5.74) is 11.4. The second-order valence-electron chi connectivity index (χ2n) is 22.5. The van der Waals surface area contributed by atoms with Gasteiger partial charge in [0.05, 0.1) is 27.8 Å². The normalized spacial score (nSPS) is 11.4. The lowest BCUT2D eigenvalue weighted by Gasteiger charge is -2.18. The number of rotatable bonds is 0. The molecule has 0 amide bonds. The summed E-state index contributed by atoms with van der Waals surface area (Å²) in [6.45, 7) is 53.0. The van der Waals surface area contributed by atoms with Crippen molar-refractivity contribution in [2.75, 3.05) is 0 Å². The fourth-order valence-corrected chi connectivity index (χ4v) is 5.64. The highest BCUT2D eigenvalue weighted by Gasteiger charge is 2.18. The van der Waals surface area contributed by atoms with Gasteiger partial charge in [0.15, 0.2) is 0 Å². The lowest BCUT2D eigenvalue weighted by Crippen LogP contribution is -2.14. The molecule has 0 aliphatic heterocycles. The number of aromatic nitrogens is 8. The van der Waals surface area contributed by atoms with E-state index >= 15 is 0 Å². The maximum atomic E-state index is 4.29. The van der Waals surface area contributed by atoms with Crippen molar-refractivity contribution in [1.29, 1.82) is 0 Å². The van der Waals surface area contributed by atoms with Gasteiger partial charge in [-0.15, -0.1) is 11.3 Å². The molecule has 6 rings (SSSR count). The molecule has 9 heteroatoms. The first-order valence-corrected chi connectivity index (χ1v) is 24.3. The standard InChI is InChI=1S/C11H16.C10H15N.3C9H14N2.C7H11NS.C2H6/c1-9-5-7-10(8-6-9)11(2,3)4;1-8-5-6-9(7-11-8)10(2,3)4;1-7-10-5-8(6-11-7)9(2,3)4;1-7-5-11-8(6-10-7)9(2,3)4;1-7-5-6-8(11-10-7)9(2,3)4;1-7(2,3)6-8-4-5-9-6;1-2/h5-8H,1-4H3;5-7H,1-4H3;3*5-6H,1-4H3;4-5H,1-3H3;1-2H3. The first kappa shape index (κ1) is 61.2. The van der Waals surface area contributed by atoms with E-state index < -0.39 is 0 Å². The Morgan fingerprint density at radius 3 is 1.14 bits per heavy atom. The van der Waals surface area contributed by atoms with Crippen LogP contribution in [-0.4, -0.2) is 40.1 Å². The molecule has 0 saturated heterocycles. The third-order valence-electron chi connectivity index (χ3n) is 9.53. The molecule has 5 aromatic heterocycles. The summed E-state index contributed by atoms with van der Waals surface area (Å²) in [6.07, 6.45) is 11.2. The van der Waals surface area contributed by atoms with Crippen molar-refractivity contribution >= 4 is 11.3 Å². The molecule has 0 saturated carbocycles. The number of hydrogen-bond acceptors (Lipinski definition) is 9.